The third-order valence-electron chi connectivity index (χ3n) is 4.44. The summed E-state index contributed by atoms with van der Waals surface area (Å²) in [7, 11) is 0. The van der Waals surface area contributed by atoms with Gasteiger partial charge in [-0.2, -0.15) is 5.10 Å². The van der Waals surface area contributed by atoms with Crippen LogP contribution in [0.4, 0.5) is 0 Å². The maximum atomic E-state index is 13.0. The molecule has 0 bridgehead atoms. The number of hydrogen-bond donors (Lipinski definition) is 0. The van der Waals surface area contributed by atoms with Crippen molar-refractivity contribution < 1.29 is 9.21 Å². The summed E-state index contributed by atoms with van der Waals surface area (Å²) in [6, 6.07) is 9.41. The van der Waals surface area contributed by atoms with Crippen LogP contribution in [0, 0.1) is 5.41 Å². The lowest BCUT2D eigenvalue weighted by atomic mass is 9.93. The first-order valence-electron chi connectivity index (χ1n) is 8.59. The molecule has 1 aromatic carbocycles. The molecular weight excluding hydrogens is 328 g/mol. The molecule has 1 amide bonds. The first-order valence-corrected chi connectivity index (χ1v) is 8.59. The van der Waals surface area contributed by atoms with Crippen LogP contribution in [0.5, 0.6) is 0 Å². The summed E-state index contributed by atoms with van der Waals surface area (Å²) >= 11 is 0. The Hall–Kier alpha value is -3.02. The van der Waals surface area contributed by atoms with Crippen molar-refractivity contribution in [1.82, 2.24) is 15.0 Å². The average molecular weight is 348 g/mol. The molecule has 0 unspecified atom stereocenters. The van der Waals surface area contributed by atoms with Gasteiger partial charge in [0.05, 0.1) is 23.3 Å². The molecule has 1 atom stereocenters. The van der Waals surface area contributed by atoms with Gasteiger partial charge in [-0.05, 0) is 29.8 Å². The number of carbonyl (C=O) groups is 1. The van der Waals surface area contributed by atoms with E-state index in [1.54, 1.807) is 23.7 Å². The first kappa shape index (κ1) is 16.4. The Kier molecular flexibility index (Phi) is 3.83. The summed E-state index contributed by atoms with van der Waals surface area (Å²) in [5.41, 5.74) is 2.87. The predicted molar refractivity (Wildman–Crippen MR) is 98.4 cm³/mol. The molecule has 4 rings (SSSR count). The maximum absolute atomic E-state index is 13.0. The zero-order chi connectivity index (χ0) is 18.3. The number of aromatic nitrogens is 2. The second-order valence-corrected chi connectivity index (χ2v) is 7.45. The molecule has 1 aliphatic rings. The fraction of sp³-hybridized carbons (Fsp3) is 0.300. The molecule has 132 valence electrons. The van der Waals surface area contributed by atoms with Crippen LogP contribution in [0.2, 0.25) is 0 Å². The third-order valence-corrected chi connectivity index (χ3v) is 4.44. The molecule has 6 nitrogen and oxygen atoms in total. The Labute approximate surface area is 151 Å². The minimum Gasteiger partial charge on any atom is -0.463 e. The average Bonchev–Trinajstić information content (AvgIpc) is 3.29. The van der Waals surface area contributed by atoms with Crippen LogP contribution in [0.3, 0.4) is 0 Å². The SMILES string of the molecule is CC(C)(C)C(=O)N1N=C(c2ccco2)C[C@@H]1c1ccc2nccnc2c1. The van der Waals surface area contributed by atoms with Crippen LogP contribution in [0.1, 0.15) is 44.6 Å². The van der Waals surface area contributed by atoms with Crippen molar-refractivity contribution in [1.29, 1.82) is 0 Å². The van der Waals surface area contributed by atoms with Crippen LogP contribution >= 0.6 is 0 Å². The summed E-state index contributed by atoms with van der Waals surface area (Å²) in [4.78, 5) is 21.7. The number of rotatable bonds is 2. The third kappa shape index (κ3) is 2.87. The molecule has 3 aromatic rings. The van der Waals surface area contributed by atoms with E-state index in [-0.39, 0.29) is 11.9 Å². The molecule has 0 fully saturated rings. The molecule has 2 aromatic heterocycles. The van der Waals surface area contributed by atoms with E-state index >= 15 is 0 Å². The van der Waals surface area contributed by atoms with Gasteiger partial charge in [-0.25, -0.2) is 5.01 Å². The number of nitrogens with zero attached hydrogens (tertiary/aromatic N) is 4. The van der Waals surface area contributed by atoms with Gasteiger partial charge in [0.25, 0.3) is 0 Å². The Morgan fingerprint density at radius 2 is 1.92 bits per heavy atom. The lowest BCUT2D eigenvalue weighted by molar-refractivity contribution is -0.141. The fourth-order valence-corrected chi connectivity index (χ4v) is 3.08. The molecular formula is C20H20N4O2. The van der Waals surface area contributed by atoms with E-state index in [0.29, 0.717) is 12.2 Å². The molecule has 0 radical (unpaired) electrons. The van der Waals surface area contributed by atoms with Gasteiger partial charge >= 0.3 is 0 Å². The number of benzene rings is 1. The Morgan fingerprint density at radius 3 is 2.62 bits per heavy atom. The number of fused-ring (bicyclic) bond motifs is 1. The first-order chi connectivity index (χ1) is 12.4. The zero-order valence-corrected chi connectivity index (χ0v) is 15.0. The predicted octanol–water partition coefficient (Wildman–Crippen LogP) is 3.95. The molecule has 0 saturated carbocycles. The van der Waals surface area contributed by atoms with Crippen LogP contribution in [0.15, 0.2) is 58.5 Å². The van der Waals surface area contributed by atoms with Crippen molar-refractivity contribution in [2.45, 2.75) is 33.2 Å². The fourth-order valence-electron chi connectivity index (χ4n) is 3.08. The van der Waals surface area contributed by atoms with Gasteiger partial charge in [0.2, 0.25) is 5.91 Å². The lowest BCUT2D eigenvalue weighted by Gasteiger charge is -2.28. The van der Waals surface area contributed by atoms with Gasteiger partial charge in [-0.1, -0.05) is 26.8 Å². The van der Waals surface area contributed by atoms with E-state index in [0.717, 1.165) is 22.3 Å². The summed E-state index contributed by atoms with van der Waals surface area (Å²) in [6.07, 6.45) is 5.56. The minimum atomic E-state index is -0.531. The Bertz CT molecular complexity index is 986. The summed E-state index contributed by atoms with van der Waals surface area (Å²) < 4.78 is 5.49. The van der Waals surface area contributed by atoms with Gasteiger partial charge in [0, 0.05) is 24.2 Å². The van der Waals surface area contributed by atoms with Crippen molar-refractivity contribution in [2.24, 2.45) is 10.5 Å². The summed E-state index contributed by atoms with van der Waals surface area (Å²) in [5.74, 6) is 0.670. The van der Waals surface area contributed by atoms with Crippen LogP contribution in [-0.4, -0.2) is 26.6 Å². The van der Waals surface area contributed by atoms with Crippen molar-refractivity contribution in [3.05, 3.63) is 60.3 Å². The maximum Gasteiger partial charge on any atom is 0.248 e. The van der Waals surface area contributed by atoms with Crippen LogP contribution in [0.25, 0.3) is 11.0 Å². The number of furan rings is 1. The van der Waals surface area contributed by atoms with E-state index in [1.165, 1.54) is 0 Å². The topological polar surface area (TPSA) is 71.6 Å². The Balaban J connectivity index is 1.76. The molecule has 6 heteroatoms. The number of amides is 1. The molecule has 0 saturated heterocycles. The monoisotopic (exact) mass is 348 g/mol. The number of hydrogen-bond acceptors (Lipinski definition) is 5. The van der Waals surface area contributed by atoms with Crippen molar-refractivity contribution >= 4 is 22.7 Å². The van der Waals surface area contributed by atoms with Gasteiger partial charge in [0.15, 0.2) is 0 Å². The van der Waals surface area contributed by atoms with Gasteiger partial charge < -0.3 is 4.42 Å². The molecule has 26 heavy (non-hydrogen) atoms. The minimum absolute atomic E-state index is 0.0247. The largest absolute Gasteiger partial charge is 0.463 e. The quantitative estimate of drug-likeness (QED) is 0.703. The highest BCUT2D eigenvalue weighted by molar-refractivity contribution is 6.01. The highest BCUT2D eigenvalue weighted by Gasteiger charge is 2.38. The number of hydrazone groups is 1. The summed E-state index contributed by atoms with van der Waals surface area (Å²) in [5, 5.41) is 6.20. The van der Waals surface area contributed by atoms with Crippen molar-refractivity contribution in [2.75, 3.05) is 0 Å². The van der Waals surface area contributed by atoms with E-state index in [1.807, 2.05) is 51.1 Å². The molecule has 3 heterocycles. The molecule has 0 spiro atoms. The van der Waals surface area contributed by atoms with Crippen LogP contribution < -0.4 is 0 Å². The summed E-state index contributed by atoms with van der Waals surface area (Å²) in [6.45, 7) is 5.70. The normalized spacial score (nSPS) is 17.6. The van der Waals surface area contributed by atoms with Gasteiger partial charge in [-0.15, -0.1) is 0 Å². The van der Waals surface area contributed by atoms with Crippen LogP contribution in [-0.2, 0) is 4.79 Å². The Morgan fingerprint density at radius 1 is 1.15 bits per heavy atom. The second-order valence-electron chi connectivity index (χ2n) is 7.45. The molecule has 1 aliphatic heterocycles. The van der Waals surface area contributed by atoms with E-state index in [9.17, 15) is 4.79 Å². The lowest BCUT2D eigenvalue weighted by Crippen LogP contribution is -2.36. The molecule has 0 aliphatic carbocycles. The zero-order valence-electron chi connectivity index (χ0n) is 15.0. The highest BCUT2D eigenvalue weighted by Crippen LogP contribution is 2.36. The highest BCUT2D eigenvalue weighted by atomic mass is 16.3. The van der Waals surface area contributed by atoms with Gasteiger partial charge in [0.1, 0.15) is 11.5 Å². The van der Waals surface area contributed by atoms with E-state index < -0.39 is 5.41 Å². The van der Waals surface area contributed by atoms with Crippen molar-refractivity contribution in [3.63, 3.8) is 0 Å². The standard InChI is InChI=1S/C20H20N4O2/c1-20(2,3)19(25)24-17(12-16(23-24)18-5-4-10-26-18)13-6-7-14-15(11-13)22-9-8-21-14/h4-11,17H,12H2,1-3H3/t17-/m1/s1. The number of carbonyl (C=O) groups excluding carboxylic acids is 1. The van der Waals surface area contributed by atoms with E-state index in [2.05, 4.69) is 15.1 Å². The van der Waals surface area contributed by atoms with E-state index in [4.69, 9.17) is 4.42 Å². The smallest absolute Gasteiger partial charge is 0.248 e. The molecule has 0 N–H and O–H groups in total. The van der Waals surface area contributed by atoms with Crippen molar-refractivity contribution in [3.8, 4) is 0 Å². The second kappa shape index (κ2) is 6.05. The van der Waals surface area contributed by atoms with Gasteiger partial charge in [-0.3, -0.25) is 14.8 Å².